The Balaban J connectivity index is 1.65. The van der Waals surface area contributed by atoms with Crippen LogP contribution in [0.25, 0.3) is 11.0 Å². The molecule has 0 spiro atoms. The number of carbonyl (C=O) groups is 1. The van der Waals surface area contributed by atoms with Gasteiger partial charge in [0, 0.05) is 17.3 Å². The average Bonchev–Trinajstić information content (AvgIpc) is 2.71. The van der Waals surface area contributed by atoms with E-state index in [1.165, 1.54) is 19.3 Å². The molecule has 0 saturated heterocycles. The third-order valence-corrected chi connectivity index (χ3v) is 6.40. The molecular weight excluding hydrogens is 352 g/mol. The summed E-state index contributed by atoms with van der Waals surface area (Å²) in [7, 11) is 0. The van der Waals surface area contributed by atoms with E-state index in [-0.39, 0.29) is 17.5 Å². The van der Waals surface area contributed by atoms with Crippen molar-refractivity contribution in [2.45, 2.75) is 70.8 Å². The first-order valence-corrected chi connectivity index (χ1v) is 10.7. The van der Waals surface area contributed by atoms with E-state index < -0.39 is 5.63 Å². The lowest BCUT2D eigenvalue weighted by molar-refractivity contribution is -0.121. The zero-order valence-corrected chi connectivity index (χ0v) is 16.6. The van der Waals surface area contributed by atoms with Crippen molar-refractivity contribution in [2.24, 2.45) is 11.8 Å². The highest BCUT2D eigenvalue weighted by Gasteiger charge is 2.27. The topological polar surface area (TPSA) is 71.3 Å². The summed E-state index contributed by atoms with van der Waals surface area (Å²) in [5, 5.41) is 7.36. The molecule has 1 amide bonds. The molecule has 2 saturated carbocycles. The van der Waals surface area contributed by atoms with E-state index >= 15 is 0 Å². The van der Waals surface area contributed by atoms with Crippen molar-refractivity contribution in [3.05, 3.63) is 34.7 Å². The summed E-state index contributed by atoms with van der Waals surface area (Å²) in [6.07, 6.45) is 9.73. The Kier molecular flexibility index (Phi) is 5.69. The summed E-state index contributed by atoms with van der Waals surface area (Å²) < 4.78 is 5.52. The summed E-state index contributed by atoms with van der Waals surface area (Å²) in [6, 6.07) is 7.86. The summed E-state index contributed by atoms with van der Waals surface area (Å²) in [5.41, 5.74) is 1.06. The number of nitrogens with one attached hydrogen (secondary N) is 2. The van der Waals surface area contributed by atoms with Gasteiger partial charge in [0.05, 0.1) is 5.69 Å². The van der Waals surface area contributed by atoms with Crippen LogP contribution in [0.15, 0.2) is 33.5 Å². The van der Waals surface area contributed by atoms with Gasteiger partial charge in [-0.3, -0.25) is 4.79 Å². The van der Waals surface area contributed by atoms with E-state index in [2.05, 4.69) is 17.6 Å². The predicted octanol–water partition coefficient (Wildman–Crippen LogP) is 5.30. The predicted molar refractivity (Wildman–Crippen MR) is 113 cm³/mol. The van der Waals surface area contributed by atoms with Gasteiger partial charge in [-0.1, -0.05) is 38.3 Å². The average molecular weight is 383 g/mol. The first-order chi connectivity index (χ1) is 13.6. The molecule has 2 fully saturated rings. The van der Waals surface area contributed by atoms with Crippen molar-refractivity contribution in [3.63, 3.8) is 0 Å². The van der Waals surface area contributed by atoms with Crippen LogP contribution < -0.4 is 16.3 Å². The molecule has 5 heteroatoms. The third-order valence-electron chi connectivity index (χ3n) is 6.40. The normalized spacial score (nSPS) is 23.5. The lowest BCUT2D eigenvalue weighted by Gasteiger charge is -2.27. The molecule has 150 valence electrons. The van der Waals surface area contributed by atoms with E-state index in [1.807, 2.05) is 18.2 Å². The molecule has 2 aromatic rings. The van der Waals surface area contributed by atoms with E-state index in [4.69, 9.17) is 4.42 Å². The maximum absolute atomic E-state index is 12.9. The Morgan fingerprint density at radius 2 is 1.68 bits per heavy atom. The number of hydrogen-bond acceptors (Lipinski definition) is 4. The van der Waals surface area contributed by atoms with Crippen molar-refractivity contribution in [1.29, 1.82) is 0 Å². The van der Waals surface area contributed by atoms with Crippen LogP contribution in [0.2, 0.25) is 0 Å². The minimum atomic E-state index is -0.477. The van der Waals surface area contributed by atoms with Gasteiger partial charge < -0.3 is 15.1 Å². The number of fused-ring (bicyclic) bond motifs is 1. The maximum Gasteiger partial charge on any atom is 0.362 e. The van der Waals surface area contributed by atoms with Crippen LogP contribution in [-0.4, -0.2) is 11.9 Å². The lowest BCUT2D eigenvalue weighted by atomic mass is 9.82. The van der Waals surface area contributed by atoms with Gasteiger partial charge in [0.2, 0.25) is 5.91 Å². The number of hydrogen-bond donors (Lipinski definition) is 2. The van der Waals surface area contributed by atoms with Crippen LogP contribution in [-0.2, 0) is 4.79 Å². The maximum atomic E-state index is 12.9. The third kappa shape index (κ3) is 4.08. The Labute approximate surface area is 165 Å². The van der Waals surface area contributed by atoms with Gasteiger partial charge >= 0.3 is 5.63 Å². The Morgan fingerprint density at radius 1 is 0.964 bits per heavy atom. The molecule has 1 aromatic heterocycles. The van der Waals surface area contributed by atoms with Crippen LogP contribution in [0.1, 0.15) is 64.7 Å². The summed E-state index contributed by atoms with van der Waals surface area (Å²) in [4.78, 5) is 25.6. The highest BCUT2D eigenvalue weighted by atomic mass is 16.4. The fourth-order valence-electron chi connectivity index (χ4n) is 4.61. The van der Waals surface area contributed by atoms with Crippen molar-refractivity contribution >= 4 is 28.3 Å². The SMILES string of the molecule is CC1CCC(C(=O)Nc2c(NC3CCCCC3)c3ccccc3oc2=O)CC1. The highest BCUT2D eigenvalue weighted by molar-refractivity contribution is 6.02. The highest BCUT2D eigenvalue weighted by Crippen LogP contribution is 2.33. The minimum absolute atomic E-state index is 0.0235. The molecule has 0 radical (unpaired) electrons. The fourth-order valence-corrected chi connectivity index (χ4v) is 4.61. The largest absolute Gasteiger partial charge is 0.421 e. The first-order valence-electron chi connectivity index (χ1n) is 10.7. The van der Waals surface area contributed by atoms with Crippen LogP contribution in [0.4, 0.5) is 11.4 Å². The summed E-state index contributed by atoms with van der Waals surface area (Å²) in [6.45, 7) is 2.23. The van der Waals surface area contributed by atoms with E-state index in [0.717, 1.165) is 49.6 Å². The number of anilines is 2. The molecule has 5 nitrogen and oxygen atoms in total. The molecule has 4 rings (SSSR count). The van der Waals surface area contributed by atoms with Crippen LogP contribution >= 0.6 is 0 Å². The second-order valence-electron chi connectivity index (χ2n) is 8.56. The zero-order chi connectivity index (χ0) is 19.5. The molecule has 2 N–H and O–H groups in total. The molecule has 0 bridgehead atoms. The van der Waals surface area contributed by atoms with Crippen LogP contribution in [0.5, 0.6) is 0 Å². The molecule has 1 heterocycles. The van der Waals surface area contributed by atoms with Gasteiger partial charge in [-0.05, 0) is 56.6 Å². The standard InChI is InChI=1S/C23H30N2O3/c1-15-11-13-16(14-12-15)22(26)25-21-20(24-17-7-3-2-4-8-17)18-9-5-6-10-19(18)28-23(21)27/h5-6,9-10,15-17,24H,2-4,7-8,11-14H2,1H3,(H,25,26). The molecule has 1 aromatic carbocycles. The lowest BCUT2D eigenvalue weighted by Crippen LogP contribution is -2.30. The molecular formula is C23H30N2O3. The zero-order valence-electron chi connectivity index (χ0n) is 16.6. The number of amides is 1. The van der Waals surface area contributed by atoms with Gasteiger partial charge in [0.1, 0.15) is 5.58 Å². The fraction of sp³-hybridized carbons (Fsp3) is 0.565. The smallest absolute Gasteiger partial charge is 0.362 e. The summed E-state index contributed by atoms with van der Waals surface area (Å²) in [5.74, 6) is 0.601. The number of carbonyl (C=O) groups excluding carboxylic acids is 1. The Bertz CT molecular complexity index is 890. The quantitative estimate of drug-likeness (QED) is 0.704. The van der Waals surface area contributed by atoms with Gasteiger partial charge in [0.25, 0.3) is 0 Å². The minimum Gasteiger partial charge on any atom is -0.421 e. The van der Waals surface area contributed by atoms with Crippen molar-refractivity contribution in [2.75, 3.05) is 10.6 Å². The second-order valence-corrected chi connectivity index (χ2v) is 8.56. The Hall–Kier alpha value is -2.30. The van der Waals surface area contributed by atoms with E-state index in [0.29, 0.717) is 17.5 Å². The van der Waals surface area contributed by atoms with Gasteiger partial charge in [-0.2, -0.15) is 0 Å². The molecule has 0 unspecified atom stereocenters. The monoisotopic (exact) mass is 382 g/mol. The molecule has 2 aliphatic rings. The van der Waals surface area contributed by atoms with E-state index in [1.54, 1.807) is 6.07 Å². The molecule has 28 heavy (non-hydrogen) atoms. The Morgan fingerprint density at radius 3 is 2.43 bits per heavy atom. The van der Waals surface area contributed by atoms with E-state index in [9.17, 15) is 9.59 Å². The van der Waals surface area contributed by atoms with Crippen molar-refractivity contribution in [3.8, 4) is 0 Å². The van der Waals surface area contributed by atoms with Gasteiger partial charge in [0.15, 0.2) is 5.69 Å². The molecule has 2 aliphatic carbocycles. The molecule has 0 atom stereocenters. The number of para-hydroxylation sites is 1. The number of rotatable bonds is 4. The van der Waals surface area contributed by atoms with Gasteiger partial charge in [-0.15, -0.1) is 0 Å². The van der Waals surface area contributed by atoms with Crippen molar-refractivity contribution < 1.29 is 9.21 Å². The summed E-state index contributed by atoms with van der Waals surface area (Å²) >= 11 is 0. The first kappa shape index (κ1) is 19.0. The van der Waals surface area contributed by atoms with Crippen LogP contribution in [0.3, 0.4) is 0 Å². The van der Waals surface area contributed by atoms with Crippen molar-refractivity contribution in [1.82, 2.24) is 0 Å². The van der Waals surface area contributed by atoms with Gasteiger partial charge in [-0.25, -0.2) is 4.79 Å². The van der Waals surface area contributed by atoms with Crippen LogP contribution in [0, 0.1) is 11.8 Å². The second kappa shape index (κ2) is 8.38. The molecule has 0 aliphatic heterocycles. The number of benzene rings is 1.